The molecule has 7 heteroatoms. The number of methoxy groups -OCH3 is 2. The monoisotopic (exact) mass is 378 g/mol. The van der Waals surface area contributed by atoms with E-state index in [9.17, 15) is 18.4 Å². The zero-order chi connectivity index (χ0) is 20.0. The van der Waals surface area contributed by atoms with Crippen LogP contribution in [0.2, 0.25) is 0 Å². The summed E-state index contributed by atoms with van der Waals surface area (Å²) in [6.07, 6.45) is -0.300. The number of ether oxygens (including phenoxy) is 3. The van der Waals surface area contributed by atoms with Gasteiger partial charge in [-0.3, -0.25) is 9.59 Å². The van der Waals surface area contributed by atoms with Crippen molar-refractivity contribution in [1.82, 2.24) is 0 Å². The highest BCUT2D eigenvalue weighted by molar-refractivity contribution is 6.02. The van der Waals surface area contributed by atoms with Gasteiger partial charge in [0.1, 0.15) is 0 Å². The third-order valence-corrected chi connectivity index (χ3v) is 4.01. The Kier molecular flexibility index (Phi) is 6.87. The third kappa shape index (κ3) is 4.81. The smallest absolute Gasteiger partial charge is 0.306 e. The van der Waals surface area contributed by atoms with E-state index in [1.807, 2.05) is 0 Å². The minimum Gasteiger partial charge on any atom is -0.494 e. The van der Waals surface area contributed by atoms with E-state index in [2.05, 4.69) is 0 Å². The van der Waals surface area contributed by atoms with Gasteiger partial charge >= 0.3 is 5.97 Å². The number of hydrogen-bond donors (Lipinski definition) is 0. The second kappa shape index (κ2) is 9.12. The summed E-state index contributed by atoms with van der Waals surface area (Å²) in [6.45, 7) is 1.79. The fourth-order valence-corrected chi connectivity index (χ4v) is 2.67. The van der Waals surface area contributed by atoms with Crippen LogP contribution in [-0.4, -0.2) is 32.6 Å². The third-order valence-electron chi connectivity index (χ3n) is 4.01. The molecule has 2 rings (SSSR count). The predicted octanol–water partition coefficient (Wildman–Crippen LogP) is 3.90. The molecule has 0 aliphatic heterocycles. The second-order valence-corrected chi connectivity index (χ2v) is 5.67. The van der Waals surface area contributed by atoms with Crippen LogP contribution in [0.4, 0.5) is 8.78 Å². The van der Waals surface area contributed by atoms with Gasteiger partial charge in [0, 0.05) is 5.56 Å². The van der Waals surface area contributed by atoms with Crippen molar-refractivity contribution in [3.63, 3.8) is 0 Å². The molecule has 0 amide bonds. The lowest BCUT2D eigenvalue weighted by atomic mass is 9.87. The number of ketones is 1. The quantitative estimate of drug-likeness (QED) is 0.515. The highest BCUT2D eigenvalue weighted by atomic mass is 19.1. The Hall–Kier alpha value is -2.96. The van der Waals surface area contributed by atoms with E-state index in [4.69, 9.17) is 14.2 Å². The Balaban J connectivity index is 2.42. The maximum absolute atomic E-state index is 14.1. The van der Waals surface area contributed by atoms with E-state index < -0.39 is 29.3 Å². The van der Waals surface area contributed by atoms with Crippen LogP contribution in [0.3, 0.4) is 0 Å². The summed E-state index contributed by atoms with van der Waals surface area (Å²) in [5.74, 6) is -3.55. The first kappa shape index (κ1) is 20.4. The first-order chi connectivity index (χ1) is 12.9. The fraction of sp³-hybridized carbons (Fsp3) is 0.300. The average molecular weight is 378 g/mol. The molecule has 0 fully saturated rings. The molecule has 1 atom stereocenters. The van der Waals surface area contributed by atoms with E-state index >= 15 is 0 Å². The van der Waals surface area contributed by atoms with Gasteiger partial charge in [-0.2, -0.15) is 0 Å². The lowest BCUT2D eigenvalue weighted by Crippen LogP contribution is -2.19. The number of carbonyl (C=O) groups is 2. The van der Waals surface area contributed by atoms with E-state index in [0.29, 0.717) is 0 Å². The normalized spacial score (nSPS) is 11.6. The molecule has 1 unspecified atom stereocenters. The number of benzene rings is 2. The molecule has 0 saturated heterocycles. The Morgan fingerprint density at radius 3 is 2.07 bits per heavy atom. The molecule has 5 nitrogen and oxygen atoms in total. The molecule has 144 valence electrons. The van der Waals surface area contributed by atoms with E-state index in [0.717, 1.165) is 12.1 Å². The summed E-state index contributed by atoms with van der Waals surface area (Å²) in [5, 5.41) is 0. The maximum Gasteiger partial charge on any atom is 0.306 e. The molecule has 0 heterocycles. The Labute approximate surface area is 155 Å². The minimum atomic E-state index is -1.03. The summed E-state index contributed by atoms with van der Waals surface area (Å²) in [6, 6.07) is 7.72. The Bertz CT molecular complexity index is 835. The van der Waals surface area contributed by atoms with Gasteiger partial charge in [0.2, 0.25) is 0 Å². The summed E-state index contributed by atoms with van der Waals surface area (Å²) in [5.41, 5.74) is 0.307. The van der Waals surface area contributed by atoms with Gasteiger partial charge in [0.05, 0.1) is 33.2 Å². The molecule has 0 spiro atoms. The van der Waals surface area contributed by atoms with Crippen LogP contribution in [0.5, 0.6) is 11.5 Å². The van der Waals surface area contributed by atoms with Crippen molar-refractivity contribution in [2.45, 2.75) is 19.3 Å². The second-order valence-electron chi connectivity index (χ2n) is 5.67. The first-order valence-electron chi connectivity index (χ1n) is 8.28. The summed E-state index contributed by atoms with van der Waals surface area (Å²) < 4.78 is 42.7. The average Bonchev–Trinajstić information content (AvgIpc) is 2.65. The number of rotatable bonds is 8. The molecule has 0 aromatic heterocycles. The minimum absolute atomic E-state index is 0.0102. The Morgan fingerprint density at radius 2 is 1.56 bits per heavy atom. The molecule has 0 bridgehead atoms. The van der Waals surface area contributed by atoms with Gasteiger partial charge < -0.3 is 14.2 Å². The van der Waals surface area contributed by atoms with E-state index in [-0.39, 0.29) is 35.7 Å². The van der Waals surface area contributed by atoms with Crippen molar-refractivity contribution in [3.05, 3.63) is 59.2 Å². The van der Waals surface area contributed by atoms with Gasteiger partial charge in [0.25, 0.3) is 0 Å². The maximum atomic E-state index is 14.1. The molecular weight excluding hydrogens is 358 g/mol. The highest BCUT2D eigenvalue weighted by Gasteiger charge is 2.27. The highest BCUT2D eigenvalue weighted by Crippen LogP contribution is 2.30. The van der Waals surface area contributed by atoms with Crippen molar-refractivity contribution in [1.29, 1.82) is 0 Å². The van der Waals surface area contributed by atoms with Crippen LogP contribution in [0.25, 0.3) is 0 Å². The van der Waals surface area contributed by atoms with Gasteiger partial charge in [-0.1, -0.05) is 6.07 Å². The zero-order valence-corrected chi connectivity index (χ0v) is 15.3. The molecule has 27 heavy (non-hydrogen) atoms. The van der Waals surface area contributed by atoms with Crippen LogP contribution in [0.1, 0.15) is 35.2 Å². The number of Topliss-reactive ketones (excluding diaryl/α,β-unsaturated/α-hetero) is 1. The molecule has 0 aliphatic rings. The number of halogens is 2. The van der Waals surface area contributed by atoms with Crippen LogP contribution < -0.4 is 9.47 Å². The van der Waals surface area contributed by atoms with Crippen LogP contribution >= 0.6 is 0 Å². The standard InChI is InChI=1S/C20H20F2O5/c1-4-27-19(23)11-14(12-5-7-17(25-2)15(21)9-12)20(24)13-6-8-18(26-3)16(22)10-13/h5-10,14H,4,11H2,1-3H3. The number of hydrogen-bond acceptors (Lipinski definition) is 5. The molecule has 0 radical (unpaired) electrons. The van der Waals surface area contributed by atoms with Crippen molar-refractivity contribution < 1.29 is 32.6 Å². The first-order valence-corrected chi connectivity index (χ1v) is 8.28. The van der Waals surface area contributed by atoms with Crippen LogP contribution in [-0.2, 0) is 9.53 Å². The molecule has 0 aliphatic carbocycles. The van der Waals surface area contributed by atoms with Crippen molar-refractivity contribution in [3.8, 4) is 11.5 Å². The van der Waals surface area contributed by atoms with Crippen LogP contribution in [0.15, 0.2) is 36.4 Å². The summed E-state index contributed by atoms with van der Waals surface area (Å²) >= 11 is 0. The SMILES string of the molecule is CCOC(=O)CC(C(=O)c1ccc(OC)c(F)c1)c1ccc(OC)c(F)c1. The van der Waals surface area contributed by atoms with E-state index in [1.165, 1.54) is 38.5 Å². The predicted molar refractivity (Wildman–Crippen MR) is 94.2 cm³/mol. The number of esters is 1. The van der Waals surface area contributed by atoms with Gasteiger partial charge in [0.15, 0.2) is 28.9 Å². The van der Waals surface area contributed by atoms with Crippen LogP contribution in [0, 0.1) is 11.6 Å². The van der Waals surface area contributed by atoms with E-state index in [1.54, 1.807) is 6.92 Å². The summed E-state index contributed by atoms with van der Waals surface area (Å²) in [4.78, 5) is 24.9. The molecule has 2 aromatic rings. The largest absolute Gasteiger partial charge is 0.494 e. The van der Waals surface area contributed by atoms with Crippen molar-refractivity contribution in [2.24, 2.45) is 0 Å². The van der Waals surface area contributed by atoms with Crippen molar-refractivity contribution >= 4 is 11.8 Å². The Morgan fingerprint density at radius 1 is 0.963 bits per heavy atom. The zero-order valence-electron chi connectivity index (χ0n) is 15.3. The summed E-state index contributed by atoms with van der Waals surface area (Å²) in [7, 11) is 2.63. The molecule has 0 N–H and O–H groups in total. The number of carbonyl (C=O) groups excluding carboxylic acids is 2. The molecule has 2 aromatic carbocycles. The topological polar surface area (TPSA) is 61.8 Å². The fourth-order valence-electron chi connectivity index (χ4n) is 2.67. The van der Waals surface area contributed by atoms with Crippen molar-refractivity contribution in [2.75, 3.05) is 20.8 Å². The van der Waals surface area contributed by atoms with Gasteiger partial charge in [-0.05, 0) is 42.8 Å². The van der Waals surface area contributed by atoms with Gasteiger partial charge in [-0.25, -0.2) is 8.78 Å². The lowest BCUT2D eigenvalue weighted by molar-refractivity contribution is -0.143. The lowest BCUT2D eigenvalue weighted by Gasteiger charge is -2.17. The van der Waals surface area contributed by atoms with Gasteiger partial charge in [-0.15, -0.1) is 0 Å². The molecule has 0 saturated carbocycles. The molecular formula is C20H20F2O5.